The third kappa shape index (κ3) is 2.59. The van der Waals surface area contributed by atoms with Crippen molar-refractivity contribution in [2.24, 2.45) is 10.8 Å². The van der Waals surface area contributed by atoms with E-state index in [0.29, 0.717) is 6.61 Å². The van der Waals surface area contributed by atoms with E-state index in [0.717, 1.165) is 50.0 Å². The molecule has 0 atom stereocenters. The number of fused-ring (bicyclic) bond motifs is 3. The van der Waals surface area contributed by atoms with Crippen LogP contribution in [-0.4, -0.2) is 24.8 Å². The number of carboxylic acids is 1. The predicted molar refractivity (Wildman–Crippen MR) is 78.7 cm³/mol. The first-order valence-electron chi connectivity index (χ1n) is 7.58. The van der Waals surface area contributed by atoms with Crippen molar-refractivity contribution < 1.29 is 19.4 Å². The number of hydrogen-bond acceptors (Lipinski definition) is 3. The highest BCUT2D eigenvalue weighted by molar-refractivity contribution is 5.75. The van der Waals surface area contributed by atoms with Gasteiger partial charge in [0.15, 0.2) is 0 Å². The van der Waals surface area contributed by atoms with Gasteiger partial charge in [-0.05, 0) is 50.7 Å². The number of ether oxygens (including phenoxy) is 2. The van der Waals surface area contributed by atoms with Gasteiger partial charge in [-0.25, -0.2) is 0 Å². The van der Waals surface area contributed by atoms with Crippen LogP contribution in [0.4, 0.5) is 0 Å². The second-order valence-corrected chi connectivity index (χ2v) is 6.55. The lowest BCUT2D eigenvalue weighted by atomic mass is 9.54. The molecule has 0 radical (unpaired) electrons. The summed E-state index contributed by atoms with van der Waals surface area (Å²) >= 11 is 0. The lowest BCUT2D eigenvalue weighted by molar-refractivity contribution is -0.160. The first-order valence-corrected chi connectivity index (χ1v) is 7.58. The van der Waals surface area contributed by atoms with Crippen LogP contribution in [0.3, 0.4) is 0 Å². The summed E-state index contributed by atoms with van der Waals surface area (Å²) in [7, 11) is 1.64. The lowest BCUT2D eigenvalue weighted by Gasteiger charge is -2.51. The minimum atomic E-state index is -0.607. The fraction of sp³-hybridized carbons (Fsp3) is 0.588. The van der Waals surface area contributed by atoms with Crippen molar-refractivity contribution in [3.8, 4) is 11.5 Å². The van der Waals surface area contributed by atoms with Crippen molar-refractivity contribution in [1.82, 2.24) is 0 Å². The number of hydrogen-bond donors (Lipinski definition) is 1. The zero-order valence-corrected chi connectivity index (χ0v) is 12.4. The topological polar surface area (TPSA) is 55.8 Å². The van der Waals surface area contributed by atoms with Crippen molar-refractivity contribution >= 4 is 5.97 Å². The predicted octanol–water partition coefficient (Wildman–Crippen LogP) is 3.50. The molecule has 4 nitrogen and oxygen atoms in total. The van der Waals surface area contributed by atoms with Gasteiger partial charge in [0.2, 0.25) is 0 Å². The number of benzene rings is 1. The molecule has 3 aliphatic rings. The molecule has 4 heteroatoms. The summed E-state index contributed by atoms with van der Waals surface area (Å²) in [4.78, 5) is 11.4. The molecule has 3 aliphatic carbocycles. The average Bonchev–Trinajstić information content (AvgIpc) is 2.55. The Kier molecular flexibility index (Phi) is 3.56. The van der Waals surface area contributed by atoms with Crippen LogP contribution < -0.4 is 9.47 Å². The second kappa shape index (κ2) is 5.24. The quantitative estimate of drug-likeness (QED) is 0.901. The molecule has 1 aromatic rings. The van der Waals surface area contributed by atoms with Gasteiger partial charge in [-0.3, -0.25) is 4.79 Å². The van der Waals surface area contributed by atoms with Crippen molar-refractivity contribution in [2.75, 3.05) is 13.7 Å². The van der Waals surface area contributed by atoms with Gasteiger partial charge in [0.1, 0.15) is 11.5 Å². The van der Waals surface area contributed by atoms with E-state index >= 15 is 0 Å². The minimum Gasteiger partial charge on any atom is -0.497 e. The van der Waals surface area contributed by atoms with Crippen LogP contribution in [0.15, 0.2) is 24.3 Å². The Labute approximate surface area is 125 Å². The van der Waals surface area contributed by atoms with Crippen LogP contribution in [0.2, 0.25) is 0 Å². The number of carboxylic acid groups (broad SMARTS) is 1. The molecule has 1 aromatic carbocycles. The van der Waals surface area contributed by atoms with Gasteiger partial charge in [0.25, 0.3) is 0 Å². The smallest absolute Gasteiger partial charge is 0.309 e. The van der Waals surface area contributed by atoms with Crippen LogP contribution in [0, 0.1) is 10.8 Å². The minimum absolute atomic E-state index is 0.167. The Morgan fingerprint density at radius 3 is 2.33 bits per heavy atom. The van der Waals surface area contributed by atoms with Crippen molar-refractivity contribution in [3.05, 3.63) is 24.3 Å². The molecule has 0 spiro atoms. The van der Waals surface area contributed by atoms with E-state index in [1.54, 1.807) is 7.11 Å². The van der Waals surface area contributed by atoms with Gasteiger partial charge in [-0.2, -0.15) is 0 Å². The molecular formula is C17H22O4. The van der Waals surface area contributed by atoms with E-state index in [2.05, 4.69) is 0 Å². The maximum absolute atomic E-state index is 11.4. The number of methoxy groups -OCH3 is 1. The maximum atomic E-state index is 11.4. The summed E-state index contributed by atoms with van der Waals surface area (Å²) in [6.07, 6.45) is 5.27. The molecule has 0 amide bonds. The van der Waals surface area contributed by atoms with Crippen LogP contribution in [-0.2, 0) is 4.79 Å². The number of carbonyl (C=O) groups is 1. The van der Waals surface area contributed by atoms with Crippen molar-refractivity contribution in [1.29, 1.82) is 0 Å². The molecule has 0 unspecified atom stereocenters. The van der Waals surface area contributed by atoms with E-state index in [-0.39, 0.29) is 5.41 Å². The van der Waals surface area contributed by atoms with Crippen LogP contribution >= 0.6 is 0 Å². The second-order valence-electron chi connectivity index (χ2n) is 6.55. The summed E-state index contributed by atoms with van der Waals surface area (Å²) in [5.41, 5.74) is -0.280. The Hall–Kier alpha value is -1.71. The zero-order chi connectivity index (χ0) is 14.9. The molecule has 0 heterocycles. The maximum Gasteiger partial charge on any atom is 0.309 e. The largest absolute Gasteiger partial charge is 0.497 e. The first kappa shape index (κ1) is 14.2. The normalized spacial score (nSPS) is 30.9. The van der Waals surface area contributed by atoms with Gasteiger partial charge in [-0.1, -0.05) is 6.07 Å². The average molecular weight is 290 g/mol. The molecule has 21 heavy (non-hydrogen) atoms. The summed E-state index contributed by atoms with van der Waals surface area (Å²) in [5, 5.41) is 9.42. The highest BCUT2D eigenvalue weighted by Gasteiger charge is 2.52. The van der Waals surface area contributed by atoms with Crippen molar-refractivity contribution in [2.45, 2.75) is 38.5 Å². The van der Waals surface area contributed by atoms with Crippen LogP contribution in [0.1, 0.15) is 38.5 Å². The summed E-state index contributed by atoms with van der Waals surface area (Å²) in [6, 6.07) is 7.65. The monoisotopic (exact) mass is 290 g/mol. The molecule has 2 bridgehead atoms. The fourth-order valence-electron chi connectivity index (χ4n) is 3.73. The Morgan fingerprint density at radius 2 is 1.76 bits per heavy atom. The van der Waals surface area contributed by atoms with Crippen LogP contribution in [0.25, 0.3) is 0 Å². The Morgan fingerprint density at radius 1 is 1.14 bits per heavy atom. The molecule has 3 saturated carbocycles. The molecule has 0 aliphatic heterocycles. The first-order chi connectivity index (χ1) is 10.1. The summed E-state index contributed by atoms with van der Waals surface area (Å²) < 4.78 is 11.2. The van der Waals surface area contributed by atoms with Gasteiger partial charge in [0, 0.05) is 11.5 Å². The fourth-order valence-corrected chi connectivity index (χ4v) is 3.73. The summed E-state index contributed by atoms with van der Waals surface area (Å²) in [5.74, 6) is 1.01. The van der Waals surface area contributed by atoms with Gasteiger partial charge >= 0.3 is 5.97 Å². The van der Waals surface area contributed by atoms with Crippen molar-refractivity contribution in [3.63, 3.8) is 0 Å². The summed E-state index contributed by atoms with van der Waals surface area (Å²) in [6.45, 7) is 0.676. The van der Waals surface area contributed by atoms with E-state index in [9.17, 15) is 9.90 Å². The SMILES string of the molecule is COc1cccc(OCC23CCC(C(=O)O)(CC2)CC3)c1. The molecule has 1 N–H and O–H groups in total. The molecule has 0 aromatic heterocycles. The van der Waals surface area contributed by atoms with Gasteiger partial charge in [0.05, 0.1) is 19.1 Å². The molecular weight excluding hydrogens is 268 g/mol. The molecule has 114 valence electrons. The van der Waals surface area contributed by atoms with E-state index in [1.165, 1.54) is 0 Å². The third-order valence-electron chi connectivity index (χ3n) is 5.44. The zero-order valence-electron chi connectivity index (χ0n) is 12.4. The lowest BCUT2D eigenvalue weighted by Crippen LogP contribution is -2.48. The van der Waals surface area contributed by atoms with E-state index in [1.807, 2.05) is 24.3 Å². The highest BCUT2D eigenvalue weighted by Crippen LogP contribution is 2.57. The third-order valence-corrected chi connectivity index (χ3v) is 5.44. The molecule has 3 fully saturated rings. The van der Waals surface area contributed by atoms with E-state index in [4.69, 9.17) is 9.47 Å². The molecule has 0 saturated heterocycles. The standard InChI is InChI=1S/C17H22O4/c1-20-13-3-2-4-14(11-13)21-12-16-5-8-17(9-6-16,10-7-16)15(18)19/h2-4,11H,5-10,12H2,1H3,(H,18,19). The molecule has 4 rings (SSSR count). The van der Waals surface area contributed by atoms with Gasteiger partial charge in [-0.15, -0.1) is 0 Å². The Balaban J connectivity index is 1.63. The number of aliphatic carboxylic acids is 1. The van der Waals surface area contributed by atoms with E-state index < -0.39 is 11.4 Å². The Bertz CT molecular complexity index is 513. The van der Waals surface area contributed by atoms with Gasteiger partial charge < -0.3 is 14.6 Å². The van der Waals surface area contributed by atoms with Crippen LogP contribution in [0.5, 0.6) is 11.5 Å². The highest BCUT2D eigenvalue weighted by atomic mass is 16.5. The number of rotatable bonds is 5.